The maximum absolute atomic E-state index is 12.5. The Morgan fingerprint density at radius 1 is 1.40 bits per heavy atom. The van der Waals surface area contributed by atoms with Crippen LogP contribution in [0.3, 0.4) is 0 Å². The van der Waals surface area contributed by atoms with Crippen LogP contribution in [0.5, 0.6) is 5.75 Å². The van der Waals surface area contributed by atoms with Gasteiger partial charge in [0.15, 0.2) is 0 Å². The van der Waals surface area contributed by atoms with E-state index in [0.717, 1.165) is 36.0 Å². The van der Waals surface area contributed by atoms with Crippen molar-refractivity contribution in [3.63, 3.8) is 0 Å². The summed E-state index contributed by atoms with van der Waals surface area (Å²) in [5.41, 5.74) is 0.419. The second kappa shape index (κ2) is 6.76. The van der Waals surface area contributed by atoms with Gasteiger partial charge in [-0.3, -0.25) is 4.79 Å². The molecule has 1 fully saturated rings. The molecule has 1 amide bonds. The number of aromatic hydroxyl groups is 1. The van der Waals surface area contributed by atoms with Crippen molar-refractivity contribution in [2.75, 3.05) is 33.7 Å². The number of hydrogen-bond acceptors (Lipinski definition) is 3. The van der Waals surface area contributed by atoms with Crippen LogP contribution in [0.25, 0.3) is 0 Å². The number of carbonyl (C=O) groups is 1. The fraction of sp³-hybridized carbons (Fsp3) is 0.533. The van der Waals surface area contributed by atoms with Crippen LogP contribution >= 0.6 is 22.6 Å². The van der Waals surface area contributed by atoms with Crippen molar-refractivity contribution in [2.24, 2.45) is 5.92 Å². The highest BCUT2D eigenvalue weighted by atomic mass is 127. The topological polar surface area (TPSA) is 43.8 Å². The molecule has 0 aromatic heterocycles. The number of benzene rings is 1. The van der Waals surface area contributed by atoms with Crippen molar-refractivity contribution in [2.45, 2.75) is 12.8 Å². The lowest BCUT2D eigenvalue weighted by Gasteiger charge is -2.33. The molecule has 1 heterocycles. The zero-order valence-corrected chi connectivity index (χ0v) is 14.1. The van der Waals surface area contributed by atoms with Crippen molar-refractivity contribution in [1.29, 1.82) is 0 Å². The fourth-order valence-electron chi connectivity index (χ4n) is 2.68. The fourth-order valence-corrected chi connectivity index (χ4v) is 3.18. The third-order valence-electron chi connectivity index (χ3n) is 3.71. The zero-order valence-electron chi connectivity index (χ0n) is 12.0. The Morgan fingerprint density at radius 3 is 2.65 bits per heavy atom. The molecule has 0 radical (unpaired) electrons. The second-order valence-electron chi connectivity index (χ2n) is 5.66. The molecular weight excluding hydrogens is 367 g/mol. The molecule has 110 valence electrons. The minimum absolute atomic E-state index is 0.0516. The third kappa shape index (κ3) is 3.85. The van der Waals surface area contributed by atoms with E-state index in [1.165, 1.54) is 0 Å². The predicted octanol–water partition coefficient (Wildman–Crippen LogP) is 2.41. The van der Waals surface area contributed by atoms with Crippen LogP contribution in [0.1, 0.15) is 23.2 Å². The molecule has 5 heteroatoms. The van der Waals surface area contributed by atoms with E-state index >= 15 is 0 Å². The molecule has 2 rings (SSSR count). The van der Waals surface area contributed by atoms with Gasteiger partial charge in [-0.2, -0.15) is 0 Å². The molecule has 0 unspecified atom stereocenters. The molecule has 1 aromatic carbocycles. The van der Waals surface area contributed by atoms with Gasteiger partial charge in [-0.05, 0) is 73.6 Å². The first-order chi connectivity index (χ1) is 9.47. The van der Waals surface area contributed by atoms with Gasteiger partial charge in [-0.15, -0.1) is 0 Å². The lowest BCUT2D eigenvalue weighted by Crippen LogP contribution is -2.40. The van der Waals surface area contributed by atoms with Crippen LogP contribution in [0.2, 0.25) is 0 Å². The average molecular weight is 388 g/mol. The summed E-state index contributed by atoms with van der Waals surface area (Å²) in [6, 6.07) is 5.15. The number of amides is 1. The molecule has 20 heavy (non-hydrogen) atoms. The molecule has 1 aromatic rings. The molecule has 0 saturated carbocycles. The maximum atomic E-state index is 12.5. The van der Waals surface area contributed by atoms with Crippen molar-refractivity contribution in [3.8, 4) is 5.75 Å². The summed E-state index contributed by atoms with van der Waals surface area (Å²) in [6.45, 7) is 2.64. The van der Waals surface area contributed by atoms with Gasteiger partial charge in [0.25, 0.3) is 5.91 Å². The molecular formula is C15H21IN2O2. The van der Waals surface area contributed by atoms with E-state index in [4.69, 9.17) is 0 Å². The highest BCUT2D eigenvalue weighted by Crippen LogP contribution is 2.24. The number of phenolic OH excluding ortho intramolecular Hbond substituents is 1. The van der Waals surface area contributed by atoms with E-state index in [1.807, 2.05) is 4.90 Å². The SMILES string of the molecule is CN(C)CC1CCN(C(=O)c2cc(I)ccc2O)CC1. The van der Waals surface area contributed by atoms with Crippen LogP contribution in [0.15, 0.2) is 18.2 Å². The minimum atomic E-state index is -0.0516. The Balaban J connectivity index is 2.00. The van der Waals surface area contributed by atoms with E-state index < -0.39 is 0 Å². The van der Waals surface area contributed by atoms with Gasteiger partial charge in [0.05, 0.1) is 5.56 Å². The van der Waals surface area contributed by atoms with Crippen LogP contribution in [-0.2, 0) is 0 Å². The summed E-state index contributed by atoms with van der Waals surface area (Å²) >= 11 is 2.16. The van der Waals surface area contributed by atoms with Crippen molar-refractivity contribution < 1.29 is 9.90 Å². The van der Waals surface area contributed by atoms with E-state index in [1.54, 1.807) is 18.2 Å². The van der Waals surface area contributed by atoms with Crippen molar-refractivity contribution in [1.82, 2.24) is 9.80 Å². The summed E-state index contributed by atoms with van der Waals surface area (Å²) in [7, 11) is 4.17. The summed E-state index contributed by atoms with van der Waals surface area (Å²) < 4.78 is 0.964. The Hall–Kier alpha value is -0.820. The number of likely N-dealkylation sites (tertiary alicyclic amines) is 1. The van der Waals surface area contributed by atoms with Crippen LogP contribution in [0, 0.1) is 9.49 Å². The Morgan fingerprint density at radius 2 is 2.05 bits per heavy atom. The third-order valence-corrected chi connectivity index (χ3v) is 4.39. The van der Waals surface area contributed by atoms with Crippen LogP contribution in [-0.4, -0.2) is 54.5 Å². The average Bonchev–Trinajstić information content (AvgIpc) is 2.41. The second-order valence-corrected chi connectivity index (χ2v) is 6.90. The summed E-state index contributed by atoms with van der Waals surface area (Å²) in [6.07, 6.45) is 2.07. The summed E-state index contributed by atoms with van der Waals surface area (Å²) in [4.78, 5) is 16.5. The Kier molecular flexibility index (Phi) is 5.26. The highest BCUT2D eigenvalue weighted by Gasteiger charge is 2.25. The van der Waals surface area contributed by atoms with E-state index in [9.17, 15) is 9.90 Å². The monoisotopic (exact) mass is 388 g/mol. The van der Waals surface area contributed by atoms with Crippen molar-refractivity contribution in [3.05, 3.63) is 27.3 Å². The van der Waals surface area contributed by atoms with Gasteiger partial charge in [0.1, 0.15) is 5.75 Å². The first-order valence-corrected chi connectivity index (χ1v) is 7.97. The number of phenols is 1. The Bertz CT molecular complexity index is 483. The molecule has 1 aliphatic heterocycles. The largest absolute Gasteiger partial charge is 0.507 e. The van der Waals surface area contributed by atoms with Gasteiger partial charge in [0.2, 0.25) is 0 Å². The molecule has 0 bridgehead atoms. The van der Waals surface area contributed by atoms with E-state index in [-0.39, 0.29) is 11.7 Å². The smallest absolute Gasteiger partial charge is 0.257 e. The number of hydrogen-bond donors (Lipinski definition) is 1. The number of rotatable bonds is 3. The van der Waals surface area contributed by atoms with Gasteiger partial charge in [-0.25, -0.2) is 0 Å². The number of piperidine rings is 1. The quantitative estimate of drug-likeness (QED) is 0.809. The number of carbonyl (C=O) groups excluding carboxylic acids is 1. The van der Waals surface area contributed by atoms with Crippen LogP contribution in [0.4, 0.5) is 0 Å². The zero-order chi connectivity index (χ0) is 14.7. The molecule has 0 atom stereocenters. The van der Waals surface area contributed by atoms with E-state index in [0.29, 0.717) is 11.5 Å². The first-order valence-electron chi connectivity index (χ1n) is 6.90. The van der Waals surface area contributed by atoms with Gasteiger partial charge in [0, 0.05) is 23.2 Å². The Labute approximate surface area is 133 Å². The van der Waals surface area contributed by atoms with Crippen molar-refractivity contribution >= 4 is 28.5 Å². The maximum Gasteiger partial charge on any atom is 0.257 e. The highest BCUT2D eigenvalue weighted by molar-refractivity contribution is 14.1. The number of halogens is 1. The standard InChI is InChI=1S/C15H21IN2O2/c1-17(2)10-11-5-7-18(8-6-11)15(20)13-9-12(16)3-4-14(13)19/h3-4,9,11,19H,5-8,10H2,1-2H3. The van der Waals surface area contributed by atoms with Gasteiger partial charge >= 0.3 is 0 Å². The molecule has 4 nitrogen and oxygen atoms in total. The summed E-state index contributed by atoms with van der Waals surface area (Å²) in [5.74, 6) is 0.689. The molecule has 0 aliphatic carbocycles. The van der Waals surface area contributed by atoms with Gasteiger partial charge < -0.3 is 14.9 Å². The first kappa shape index (κ1) is 15.6. The number of nitrogens with zero attached hydrogens (tertiary/aromatic N) is 2. The summed E-state index contributed by atoms with van der Waals surface area (Å²) in [5, 5.41) is 9.85. The van der Waals surface area contributed by atoms with Crippen LogP contribution < -0.4 is 0 Å². The normalized spacial score (nSPS) is 16.7. The molecule has 0 spiro atoms. The lowest BCUT2D eigenvalue weighted by atomic mass is 9.96. The lowest BCUT2D eigenvalue weighted by molar-refractivity contribution is 0.0675. The van der Waals surface area contributed by atoms with Gasteiger partial charge in [-0.1, -0.05) is 0 Å². The van der Waals surface area contributed by atoms with E-state index in [2.05, 4.69) is 41.6 Å². The molecule has 1 N–H and O–H groups in total. The molecule has 1 saturated heterocycles. The molecule has 1 aliphatic rings. The minimum Gasteiger partial charge on any atom is -0.507 e. The predicted molar refractivity (Wildman–Crippen MR) is 88.0 cm³/mol.